The van der Waals surface area contributed by atoms with Crippen LogP contribution in [0.5, 0.6) is 0 Å². The molecule has 3 N–H and O–H groups in total. The lowest BCUT2D eigenvalue weighted by atomic mass is 9.76. The molecule has 0 spiro atoms. The summed E-state index contributed by atoms with van der Waals surface area (Å²) in [6.45, 7) is 0.442. The van der Waals surface area contributed by atoms with E-state index in [9.17, 15) is 14.4 Å². The van der Waals surface area contributed by atoms with Gasteiger partial charge in [-0.15, -0.1) is 0 Å². The third-order valence-corrected chi connectivity index (χ3v) is 5.93. The van der Waals surface area contributed by atoms with Crippen LogP contribution in [-0.2, 0) is 19.1 Å². The molecule has 0 radical (unpaired) electrons. The van der Waals surface area contributed by atoms with Gasteiger partial charge in [0.25, 0.3) is 0 Å². The second-order valence-corrected chi connectivity index (χ2v) is 7.98. The van der Waals surface area contributed by atoms with Gasteiger partial charge in [-0.2, -0.15) is 0 Å². The zero-order valence-corrected chi connectivity index (χ0v) is 17.1. The Kier molecular flexibility index (Phi) is 8.02. The molecular formula is C23H30N2O5. The van der Waals surface area contributed by atoms with Gasteiger partial charge in [-0.3, -0.25) is 14.4 Å². The van der Waals surface area contributed by atoms with Gasteiger partial charge in [0.05, 0.1) is 12.2 Å². The maximum atomic E-state index is 12.1. The summed E-state index contributed by atoms with van der Waals surface area (Å²) >= 11 is 0. The van der Waals surface area contributed by atoms with Crippen LogP contribution in [0, 0.1) is 11.8 Å². The van der Waals surface area contributed by atoms with E-state index in [1.165, 1.54) is 0 Å². The minimum absolute atomic E-state index is 0.196. The summed E-state index contributed by atoms with van der Waals surface area (Å²) in [5.41, 5.74) is 0.592. The van der Waals surface area contributed by atoms with E-state index in [0.29, 0.717) is 30.5 Å². The first-order valence-corrected chi connectivity index (χ1v) is 10.7. The molecule has 1 aromatic carbocycles. The predicted octanol–water partition coefficient (Wildman–Crippen LogP) is 3.13. The minimum Gasteiger partial charge on any atom is -0.481 e. The van der Waals surface area contributed by atoms with E-state index >= 15 is 0 Å². The van der Waals surface area contributed by atoms with Gasteiger partial charge in [-0.25, -0.2) is 0 Å². The van der Waals surface area contributed by atoms with Gasteiger partial charge in [0.1, 0.15) is 0 Å². The summed E-state index contributed by atoms with van der Waals surface area (Å²) in [6.07, 6.45) is 10.1. The maximum Gasteiger partial charge on any atom is 0.313 e. The molecule has 2 aliphatic rings. The number of carbonyl (C=O) groups excluding carboxylic acids is 2. The SMILES string of the molecule is O=C(O)CCCC=CC[C@@H]1[C@H](CCNC(=O)C(=O)Nc2ccccc2)[C@@H]2CC[C@H]1O2. The Morgan fingerprint density at radius 1 is 1.03 bits per heavy atom. The number of benzene rings is 1. The molecule has 30 heavy (non-hydrogen) atoms. The van der Waals surface area contributed by atoms with Gasteiger partial charge in [-0.05, 0) is 62.5 Å². The van der Waals surface area contributed by atoms with Crippen molar-refractivity contribution in [2.45, 2.75) is 57.2 Å². The normalized spacial score (nSPS) is 24.8. The molecule has 0 aliphatic carbocycles. The predicted molar refractivity (Wildman–Crippen MR) is 113 cm³/mol. The summed E-state index contributed by atoms with van der Waals surface area (Å²) < 4.78 is 6.09. The van der Waals surface area contributed by atoms with E-state index in [1.54, 1.807) is 24.3 Å². The maximum absolute atomic E-state index is 12.1. The standard InChI is InChI=1S/C23H30N2O5/c26-21(27)11-7-2-1-6-10-17-18(20-13-12-19(17)30-20)14-15-24-22(28)23(29)25-16-8-4-3-5-9-16/h1,3-6,8-9,17-20H,2,7,10-15H2,(H,24,28)(H,25,29)(H,26,27)/t17-,18+,19-,20+/m1/s1. The lowest BCUT2D eigenvalue weighted by Crippen LogP contribution is -2.38. The number of allylic oxidation sites excluding steroid dienone is 2. The van der Waals surface area contributed by atoms with Crippen molar-refractivity contribution in [3.05, 3.63) is 42.5 Å². The number of ether oxygens (including phenoxy) is 1. The van der Waals surface area contributed by atoms with Gasteiger partial charge in [-0.1, -0.05) is 30.4 Å². The average Bonchev–Trinajstić information content (AvgIpc) is 3.33. The van der Waals surface area contributed by atoms with Crippen molar-refractivity contribution in [1.82, 2.24) is 5.32 Å². The fourth-order valence-corrected chi connectivity index (χ4v) is 4.48. The molecule has 2 amide bonds. The Balaban J connectivity index is 1.40. The van der Waals surface area contributed by atoms with E-state index < -0.39 is 17.8 Å². The highest BCUT2D eigenvalue weighted by Gasteiger charge is 2.47. The number of carbonyl (C=O) groups is 3. The zero-order valence-electron chi connectivity index (χ0n) is 17.1. The molecule has 0 unspecified atom stereocenters. The highest BCUT2D eigenvalue weighted by molar-refractivity contribution is 6.39. The molecule has 0 aromatic heterocycles. The molecule has 7 heteroatoms. The Hall–Kier alpha value is -2.67. The van der Waals surface area contributed by atoms with Gasteiger partial charge < -0.3 is 20.5 Å². The fourth-order valence-electron chi connectivity index (χ4n) is 4.48. The lowest BCUT2D eigenvalue weighted by Gasteiger charge is -2.27. The molecule has 2 bridgehead atoms. The van der Waals surface area contributed by atoms with Crippen LogP contribution in [0.1, 0.15) is 44.9 Å². The number of carboxylic acids is 1. The van der Waals surface area contributed by atoms with Crippen molar-refractivity contribution in [3.63, 3.8) is 0 Å². The number of amides is 2. The number of aliphatic carboxylic acids is 1. The van der Waals surface area contributed by atoms with Gasteiger partial charge in [0.2, 0.25) is 0 Å². The van der Waals surface area contributed by atoms with Crippen molar-refractivity contribution < 1.29 is 24.2 Å². The summed E-state index contributed by atoms with van der Waals surface area (Å²) in [7, 11) is 0. The molecule has 162 valence electrons. The lowest BCUT2D eigenvalue weighted by molar-refractivity contribution is -0.137. The van der Waals surface area contributed by atoms with Crippen LogP contribution in [-0.4, -0.2) is 41.6 Å². The first kappa shape index (κ1) is 22.0. The first-order chi connectivity index (χ1) is 14.5. The smallest absolute Gasteiger partial charge is 0.313 e. The Morgan fingerprint density at radius 2 is 1.77 bits per heavy atom. The zero-order chi connectivity index (χ0) is 21.3. The van der Waals surface area contributed by atoms with Crippen LogP contribution in [0.3, 0.4) is 0 Å². The molecule has 0 saturated carbocycles. The minimum atomic E-state index is -0.760. The number of rotatable bonds is 10. The molecule has 2 fully saturated rings. The van der Waals surface area contributed by atoms with Crippen molar-refractivity contribution in [3.8, 4) is 0 Å². The summed E-state index contributed by atoms with van der Waals surface area (Å²) in [4.78, 5) is 34.6. The van der Waals surface area contributed by atoms with Gasteiger partial charge >= 0.3 is 17.8 Å². The Labute approximate surface area is 176 Å². The summed E-state index contributed by atoms with van der Waals surface area (Å²) in [6, 6.07) is 8.90. The number of nitrogens with one attached hydrogen (secondary N) is 2. The number of hydrogen-bond donors (Lipinski definition) is 3. The summed E-state index contributed by atoms with van der Waals surface area (Å²) in [5, 5.41) is 14.0. The monoisotopic (exact) mass is 414 g/mol. The van der Waals surface area contributed by atoms with E-state index in [0.717, 1.165) is 32.1 Å². The van der Waals surface area contributed by atoms with Crippen LogP contribution >= 0.6 is 0 Å². The highest BCUT2D eigenvalue weighted by Crippen LogP contribution is 2.46. The second kappa shape index (κ2) is 10.9. The van der Waals surface area contributed by atoms with Gasteiger partial charge in [0.15, 0.2) is 0 Å². The highest BCUT2D eigenvalue weighted by atomic mass is 16.5. The van der Waals surface area contributed by atoms with E-state index in [4.69, 9.17) is 9.84 Å². The van der Waals surface area contributed by atoms with Crippen LogP contribution in [0.25, 0.3) is 0 Å². The molecule has 2 saturated heterocycles. The van der Waals surface area contributed by atoms with Crippen molar-refractivity contribution in [1.29, 1.82) is 0 Å². The quantitative estimate of drug-likeness (QED) is 0.310. The molecule has 2 aliphatic heterocycles. The Bertz CT molecular complexity index is 764. The number of anilines is 1. The van der Waals surface area contributed by atoms with E-state index in [2.05, 4.69) is 22.8 Å². The fraction of sp³-hybridized carbons (Fsp3) is 0.522. The number of carboxylic acid groups (broad SMARTS) is 1. The van der Waals surface area contributed by atoms with E-state index in [1.807, 2.05) is 6.07 Å². The van der Waals surface area contributed by atoms with Crippen molar-refractivity contribution >= 4 is 23.5 Å². The molecule has 1 aromatic rings. The van der Waals surface area contributed by atoms with Crippen molar-refractivity contribution in [2.24, 2.45) is 11.8 Å². The number of fused-ring (bicyclic) bond motifs is 2. The van der Waals surface area contributed by atoms with Crippen LogP contribution in [0.2, 0.25) is 0 Å². The Morgan fingerprint density at radius 3 is 2.50 bits per heavy atom. The molecule has 4 atom stereocenters. The number of unbranched alkanes of at least 4 members (excludes halogenated alkanes) is 1. The number of para-hydroxylation sites is 1. The molecule has 7 nitrogen and oxygen atoms in total. The third kappa shape index (κ3) is 6.16. The van der Waals surface area contributed by atoms with Crippen molar-refractivity contribution in [2.75, 3.05) is 11.9 Å². The van der Waals surface area contributed by atoms with Crippen LogP contribution in [0.15, 0.2) is 42.5 Å². The third-order valence-electron chi connectivity index (χ3n) is 5.93. The van der Waals surface area contributed by atoms with E-state index in [-0.39, 0.29) is 18.6 Å². The van der Waals surface area contributed by atoms with Gasteiger partial charge in [0, 0.05) is 18.7 Å². The largest absolute Gasteiger partial charge is 0.481 e. The second-order valence-electron chi connectivity index (χ2n) is 7.98. The average molecular weight is 415 g/mol. The first-order valence-electron chi connectivity index (χ1n) is 10.7. The molecule has 3 rings (SSSR count). The number of hydrogen-bond acceptors (Lipinski definition) is 4. The van der Waals surface area contributed by atoms with Crippen LogP contribution < -0.4 is 10.6 Å². The topological polar surface area (TPSA) is 105 Å². The molecule has 2 heterocycles. The molecular weight excluding hydrogens is 384 g/mol. The summed E-state index contributed by atoms with van der Waals surface area (Å²) in [5.74, 6) is -1.27. The van der Waals surface area contributed by atoms with Crippen LogP contribution in [0.4, 0.5) is 5.69 Å².